The molecular weight excluding hydrogens is 338 g/mol. The van der Waals surface area contributed by atoms with E-state index >= 15 is 0 Å². The molecule has 0 bridgehead atoms. The molecule has 0 saturated heterocycles. The highest BCUT2D eigenvalue weighted by molar-refractivity contribution is 5.99. The Morgan fingerprint density at radius 2 is 1.81 bits per heavy atom. The van der Waals surface area contributed by atoms with Crippen LogP contribution in [-0.2, 0) is 6.42 Å². The summed E-state index contributed by atoms with van der Waals surface area (Å²) in [5.41, 5.74) is 9.15. The van der Waals surface area contributed by atoms with E-state index in [2.05, 4.69) is 15.3 Å². The molecule has 7 heteroatoms. The van der Waals surface area contributed by atoms with Crippen LogP contribution in [0.3, 0.4) is 0 Å². The molecule has 0 fully saturated rings. The minimum atomic E-state index is -0.943. The number of aromatic nitrogens is 2. The van der Waals surface area contributed by atoms with Gasteiger partial charge in [0, 0.05) is 42.2 Å². The number of halogens is 2. The van der Waals surface area contributed by atoms with Gasteiger partial charge in [0.2, 0.25) is 5.88 Å². The van der Waals surface area contributed by atoms with Crippen molar-refractivity contribution in [3.8, 4) is 0 Å². The van der Waals surface area contributed by atoms with E-state index in [0.717, 1.165) is 23.4 Å². The average molecular weight is 352 g/mol. The summed E-state index contributed by atoms with van der Waals surface area (Å²) < 4.78 is 32.3. The fourth-order valence-corrected chi connectivity index (χ4v) is 2.76. The van der Waals surface area contributed by atoms with Crippen LogP contribution < -0.4 is 11.1 Å². The molecule has 1 aromatic carbocycles. The molecule has 4 aromatic rings. The van der Waals surface area contributed by atoms with E-state index < -0.39 is 11.6 Å². The molecule has 0 spiro atoms. The van der Waals surface area contributed by atoms with Crippen LogP contribution in [0, 0.1) is 11.6 Å². The zero-order valence-corrected chi connectivity index (χ0v) is 13.5. The number of nitrogens with zero attached hydrogens (tertiary/aromatic N) is 2. The van der Waals surface area contributed by atoms with Gasteiger partial charge in [-0.1, -0.05) is 0 Å². The number of nitrogens with one attached hydrogen (secondary N) is 1. The molecule has 0 unspecified atom stereocenters. The summed E-state index contributed by atoms with van der Waals surface area (Å²) in [5, 5.41) is 3.71. The Morgan fingerprint density at radius 1 is 1.00 bits per heavy atom. The Morgan fingerprint density at radius 3 is 2.58 bits per heavy atom. The SMILES string of the molecule is Nc1oc2c(Cc3ccncc3)nccc2c1Nc1ccc(F)c(F)c1. The Kier molecular flexibility index (Phi) is 3.96. The average Bonchev–Trinajstić information content (AvgIpc) is 2.96. The molecule has 0 aliphatic carbocycles. The van der Waals surface area contributed by atoms with E-state index in [0.29, 0.717) is 28.8 Å². The number of nitrogens with two attached hydrogens (primary N) is 1. The van der Waals surface area contributed by atoms with Gasteiger partial charge in [0.05, 0.1) is 5.69 Å². The second-order valence-corrected chi connectivity index (χ2v) is 5.76. The minimum Gasteiger partial charge on any atom is -0.437 e. The van der Waals surface area contributed by atoms with Gasteiger partial charge in [0.25, 0.3) is 0 Å². The van der Waals surface area contributed by atoms with Gasteiger partial charge in [-0.25, -0.2) is 8.78 Å². The highest BCUT2D eigenvalue weighted by Gasteiger charge is 2.16. The maximum atomic E-state index is 13.4. The summed E-state index contributed by atoms with van der Waals surface area (Å²) in [6, 6.07) is 9.09. The molecular formula is C19H14F2N4O. The molecule has 3 aromatic heterocycles. The van der Waals surface area contributed by atoms with Crippen LogP contribution in [0.4, 0.5) is 26.0 Å². The van der Waals surface area contributed by atoms with Crippen LogP contribution in [-0.4, -0.2) is 9.97 Å². The molecule has 0 amide bonds. The molecule has 5 nitrogen and oxygen atoms in total. The Hall–Kier alpha value is -3.48. The molecule has 0 saturated carbocycles. The second kappa shape index (κ2) is 6.44. The molecule has 0 radical (unpaired) electrons. The smallest absolute Gasteiger partial charge is 0.215 e. The van der Waals surface area contributed by atoms with Gasteiger partial charge in [-0.05, 0) is 35.9 Å². The monoisotopic (exact) mass is 352 g/mol. The molecule has 0 atom stereocenters. The van der Waals surface area contributed by atoms with Crippen LogP contribution in [0.5, 0.6) is 0 Å². The van der Waals surface area contributed by atoms with Crippen molar-refractivity contribution in [2.24, 2.45) is 0 Å². The number of hydrogen-bond donors (Lipinski definition) is 2. The molecule has 3 N–H and O–H groups in total. The summed E-state index contributed by atoms with van der Waals surface area (Å²) in [7, 11) is 0. The molecule has 0 aliphatic rings. The topological polar surface area (TPSA) is 77.0 Å². The molecule has 130 valence electrons. The van der Waals surface area contributed by atoms with Crippen molar-refractivity contribution in [1.82, 2.24) is 9.97 Å². The van der Waals surface area contributed by atoms with Crippen LogP contribution in [0.25, 0.3) is 11.0 Å². The van der Waals surface area contributed by atoms with Crippen LogP contribution >= 0.6 is 0 Å². The minimum absolute atomic E-state index is 0.147. The van der Waals surface area contributed by atoms with Crippen molar-refractivity contribution in [2.75, 3.05) is 11.1 Å². The van der Waals surface area contributed by atoms with Gasteiger partial charge in [-0.2, -0.15) is 0 Å². The fourth-order valence-electron chi connectivity index (χ4n) is 2.76. The van der Waals surface area contributed by atoms with E-state index in [-0.39, 0.29) is 5.88 Å². The Labute approximate surface area is 147 Å². The van der Waals surface area contributed by atoms with Crippen molar-refractivity contribution in [3.63, 3.8) is 0 Å². The van der Waals surface area contributed by atoms with Gasteiger partial charge in [0.1, 0.15) is 5.69 Å². The predicted molar refractivity (Wildman–Crippen MR) is 95.1 cm³/mol. The van der Waals surface area contributed by atoms with Crippen molar-refractivity contribution in [3.05, 3.63) is 77.9 Å². The molecule has 26 heavy (non-hydrogen) atoms. The number of fused-ring (bicyclic) bond motifs is 1. The van der Waals surface area contributed by atoms with Gasteiger partial charge in [0.15, 0.2) is 17.2 Å². The maximum absolute atomic E-state index is 13.4. The van der Waals surface area contributed by atoms with Crippen molar-refractivity contribution in [1.29, 1.82) is 0 Å². The van der Waals surface area contributed by atoms with E-state index in [1.807, 2.05) is 12.1 Å². The van der Waals surface area contributed by atoms with E-state index in [1.54, 1.807) is 24.7 Å². The zero-order chi connectivity index (χ0) is 18.1. The number of nitrogen functional groups attached to an aromatic ring is 1. The van der Waals surface area contributed by atoms with Crippen LogP contribution in [0.15, 0.2) is 59.4 Å². The normalized spacial score (nSPS) is 11.0. The maximum Gasteiger partial charge on any atom is 0.215 e. The second-order valence-electron chi connectivity index (χ2n) is 5.76. The highest BCUT2D eigenvalue weighted by atomic mass is 19.2. The van der Waals surface area contributed by atoms with Crippen LogP contribution in [0.2, 0.25) is 0 Å². The molecule has 3 heterocycles. The van der Waals surface area contributed by atoms with Crippen molar-refractivity contribution < 1.29 is 13.2 Å². The van der Waals surface area contributed by atoms with Crippen molar-refractivity contribution in [2.45, 2.75) is 6.42 Å². The first kappa shape index (κ1) is 16.0. The van der Waals surface area contributed by atoms with Gasteiger partial charge < -0.3 is 15.5 Å². The summed E-state index contributed by atoms with van der Waals surface area (Å²) in [5.74, 6) is -1.71. The highest BCUT2D eigenvalue weighted by Crippen LogP contribution is 2.36. The first-order valence-electron chi connectivity index (χ1n) is 7.88. The number of benzene rings is 1. The summed E-state index contributed by atoms with van der Waals surface area (Å²) in [4.78, 5) is 8.38. The lowest BCUT2D eigenvalue weighted by atomic mass is 10.1. The lowest BCUT2D eigenvalue weighted by molar-refractivity contribution is 0.509. The summed E-state index contributed by atoms with van der Waals surface area (Å²) in [6.45, 7) is 0. The van der Waals surface area contributed by atoms with Gasteiger partial charge >= 0.3 is 0 Å². The van der Waals surface area contributed by atoms with Gasteiger partial charge in [-0.15, -0.1) is 0 Å². The third-order valence-corrected chi connectivity index (χ3v) is 4.02. The predicted octanol–water partition coefficient (Wildman–Crippen LogP) is 4.42. The quantitative estimate of drug-likeness (QED) is 0.569. The number of pyridine rings is 2. The molecule has 0 aliphatic heterocycles. The standard InChI is InChI=1S/C19H14F2N4O/c20-14-2-1-12(10-15(14)21)25-17-13-5-8-24-16(18(13)26-19(17)22)9-11-3-6-23-7-4-11/h1-8,10,25H,9,22H2. The Balaban J connectivity index is 1.73. The summed E-state index contributed by atoms with van der Waals surface area (Å²) >= 11 is 0. The number of rotatable bonds is 4. The first-order valence-corrected chi connectivity index (χ1v) is 7.88. The summed E-state index contributed by atoms with van der Waals surface area (Å²) in [6.07, 6.45) is 5.63. The molecule has 4 rings (SSSR count). The van der Waals surface area contributed by atoms with E-state index in [9.17, 15) is 8.78 Å². The zero-order valence-electron chi connectivity index (χ0n) is 13.5. The largest absolute Gasteiger partial charge is 0.437 e. The van der Waals surface area contributed by atoms with Crippen LogP contribution in [0.1, 0.15) is 11.3 Å². The van der Waals surface area contributed by atoms with Gasteiger partial charge in [-0.3, -0.25) is 9.97 Å². The number of hydrogen-bond acceptors (Lipinski definition) is 5. The fraction of sp³-hybridized carbons (Fsp3) is 0.0526. The lowest BCUT2D eigenvalue weighted by Gasteiger charge is -2.06. The first-order chi connectivity index (χ1) is 12.6. The van der Waals surface area contributed by atoms with E-state index in [1.165, 1.54) is 6.07 Å². The number of anilines is 3. The number of furan rings is 1. The third-order valence-electron chi connectivity index (χ3n) is 4.02. The third kappa shape index (κ3) is 2.95. The van der Waals surface area contributed by atoms with E-state index in [4.69, 9.17) is 10.2 Å². The van der Waals surface area contributed by atoms with Crippen molar-refractivity contribution >= 4 is 28.2 Å². The Bertz CT molecular complexity index is 1080. The lowest BCUT2D eigenvalue weighted by Crippen LogP contribution is -1.95.